The van der Waals surface area contributed by atoms with E-state index in [0.29, 0.717) is 0 Å². The Labute approximate surface area is 75.6 Å². The number of isocyanates is 1. The van der Waals surface area contributed by atoms with Gasteiger partial charge in [-0.3, -0.25) is 0 Å². The first-order valence-corrected chi connectivity index (χ1v) is 6.26. The van der Waals surface area contributed by atoms with E-state index in [2.05, 4.69) is 6.55 Å². The minimum absolute atomic E-state index is 0.138. The van der Waals surface area contributed by atoms with E-state index in [1.54, 1.807) is 0 Å². The van der Waals surface area contributed by atoms with Gasteiger partial charge in [-0.05, 0) is 13.8 Å². The summed E-state index contributed by atoms with van der Waals surface area (Å²) in [6.45, 7) is 7.72. The molecule has 0 saturated carbocycles. The molecule has 5 heteroatoms. The Morgan fingerprint density at radius 1 is 1.42 bits per heavy atom. The summed E-state index contributed by atoms with van der Waals surface area (Å²) >= 11 is 0. The zero-order chi connectivity index (χ0) is 9.82. The Morgan fingerprint density at radius 3 is 1.92 bits per heavy atom. The van der Waals surface area contributed by atoms with Gasteiger partial charge in [0.05, 0.1) is 9.52 Å². The molecular weight excluding hydrogens is 174 g/mol. The summed E-state index contributed by atoms with van der Waals surface area (Å²) in [6.07, 6.45) is 0.750. The maximum Gasteiger partial charge on any atom is 0.231 e. The minimum Gasteiger partial charge on any atom is -0.357 e. The maximum atomic E-state index is 8.35. The van der Waals surface area contributed by atoms with Crippen LogP contribution >= 0.6 is 0 Å². The quantitative estimate of drug-likeness (QED) is 0.297. The Hall–Kier alpha value is -0.483. The third-order valence-corrected chi connectivity index (χ3v) is 2.18. The first-order valence-electron chi connectivity index (χ1n) is 4.03. The minimum atomic E-state index is -0.138. The van der Waals surface area contributed by atoms with Crippen LogP contribution in [0.25, 0.3) is 0 Å². The van der Waals surface area contributed by atoms with E-state index in [1.165, 1.54) is 0 Å². The van der Waals surface area contributed by atoms with Crippen molar-refractivity contribution in [1.29, 1.82) is 5.41 Å². The number of nitrogens with one attached hydrogen (secondary N) is 1. The third-order valence-electron chi connectivity index (χ3n) is 1.04. The average molecular weight is 191 g/mol. The van der Waals surface area contributed by atoms with Crippen molar-refractivity contribution in [1.82, 2.24) is 0 Å². The summed E-state index contributed by atoms with van der Waals surface area (Å²) in [4.78, 5) is 8.35. The molecule has 0 aromatic heterocycles. The van der Waals surface area contributed by atoms with Crippen LogP contribution in [0.15, 0.2) is 0 Å². The summed E-state index contributed by atoms with van der Waals surface area (Å²) in [6, 6.07) is 0. The molecule has 0 aliphatic heterocycles. The van der Waals surface area contributed by atoms with Gasteiger partial charge in [-0.25, -0.2) is 10.2 Å². The zero-order valence-electron chi connectivity index (χ0n) is 7.92. The topological polar surface area (TPSA) is 59.4 Å². The molecule has 0 atom stereocenters. The van der Waals surface area contributed by atoms with Crippen LogP contribution in [0.1, 0.15) is 13.8 Å². The van der Waals surface area contributed by atoms with Gasteiger partial charge in [-0.1, -0.05) is 6.55 Å². The van der Waals surface area contributed by atoms with Gasteiger partial charge in [0.25, 0.3) is 0 Å². The molecule has 0 amide bonds. The highest BCUT2D eigenvalue weighted by Gasteiger charge is 2.01. The molecule has 0 radical (unpaired) electrons. The molecular formula is C7H17NO3Si. The molecule has 0 rings (SSSR count). The van der Waals surface area contributed by atoms with Crippen molar-refractivity contribution in [3.8, 4) is 0 Å². The summed E-state index contributed by atoms with van der Waals surface area (Å²) in [5.41, 5.74) is 0. The number of rotatable bonds is 5. The standard InChI is InChI=1S/C6H16O2Si.CHNO/c1-4-7-6(9-3)8-5-2;2-1-3/h6H,4-5,9H2,1-3H3;2H. The molecule has 0 unspecified atom stereocenters. The van der Waals surface area contributed by atoms with Gasteiger partial charge in [0.15, 0.2) is 0 Å². The van der Waals surface area contributed by atoms with Gasteiger partial charge in [0.2, 0.25) is 6.08 Å². The van der Waals surface area contributed by atoms with Gasteiger partial charge in [-0.2, -0.15) is 0 Å². The summed E-state index contributed by atoms with van der Waals surface area (Å²) in [5.74, 6) is 0.153. The van der Waals surface area contributed by atoms with Crippen molar-refractivity contribution in [2.24, 2.45) is 0 Å². The first-order chi connectivity index (χ1) is 5.76. The summed E-state index contributed by atoms with van der Waals surface area (Å²) in [5, 5.41) is 5.40. The number of hydrogen-bond acceptors (Lipinski definition) is 4. The second-order valence-corrected chi connectivity index (χ2v) is 3.33. The normalized spacial score (nSPS) is 9.67. The van der Waals surface area contributed by atoms with E-state index >= 15 is 0 Å². The van der Waals surface area contributed by atoms with Crippen LogP contribution < -0.4 is 0 Å². The lowest BCUT2D eigenvalue weighted by molar-refractivity contribution is -0.0823. The van der Waals surface area contributed by atoms with Crippen LogP contribution in [0, 0.1) is 5.41 Å². The molecule has 0 saturated heterocycles. The molecule has 12 heavy (non-hydrogen) atoms. The van der Waals surface area contributed by atoms with Crippen LogP contribution in [0.2, 0.25) is 6.55 Å². The van der Waals surface area contributed by atoms with Crippen LogP contribution in [0.3, 0.4) is 0 Å². The molecule has 0 aliphatic carbocycles. The molecule has 0 aromatic rings. The largest absolute Gasteiger partial charge is 0.357 e. The fraction of sp³-hybridized carbons (Fsp3) is 0.857. The van der Waals surface area contributed by atoms with Crippen molar-refractivity contribution in [2.45, 2.75) is 26.3 Å². The van der Waals surface area contributed by atoms with Gasteiger partial charge in [0, 0.05) is 13.2 Å². The third kappa shape index (κ3) is 12.2. The Morgan fingerprint density at radius 2 is 1.75 bits per heavy atom. The molecule has 0 bridgehead atoms. The molecule has 0 spiro atoms. The fourth-order valence-corrected chi connectivity index (χ4v) is 1.60. The van der Waals surface area contributed by atoms with Crippen LogP contribution in [0.5, 0.6) is 0 Å². The highest BCUT2D eigenvalue weighted by molar-refractivity contribution is 6.34. The molecule has 72 valence electrons. The second kappa shape index (κ2) is 13.1. The van der Waals surface area contributed by atoms with E-state index in [1.807, 2.05) is 13.8 Å². The van der Waals surface area contributed by atoms with E-state index < -0.39 is 0 Å². The predicted molar refractivity (Wildman–Crippen MR) is 49.9 cm³/mol. The van der Waals surface area contributed by atoms with Gasteiger partial charge < -0.3 is 9.47 Å². The highest BCUT2D eigenvalue weighted by atomic mass is 28.2. The molecule has 0 heterocycles. The van der Waals surface area contributed by atoms with Crippen molar-refractivity contribution in [3.63, 3.8) is 0 Å². The highest BCUT2D eigenvalue weighted by Crippen LogP contribution is 1.91. The second-order valence-electron chi connectivity index (χ2n) is 1.85. The van der Waals surface area contributed by atoms with Crippen molar-refractivity contribution in [3.05, 3.63) is 0 Å². The lowest BCUT2D eigenvalue weighted by Gasteiger charge is -2.13. The van der Waals surface area contributed by atoms with Crippen LogP contribution in [0.4, 0.5) is 0 Å². The SMILES string of the molecule is CCOC(OCC)[SiH2]C.N=C=O. The van der Waals surface area contributed by atoms with Crippen molar-refractivity contribution >= 4 is 15.6 Å². The predicted octanol–water partition coefficient (Wildman–Crippen LogP) is 0.461. The molecule has 0 aromatic carbocycles. The molecule has 1 N–H and O–H groups in total. The monoisotopic (exact) mass is 191 g/mol. The van der Waals surface area contributed by atoms with Gasteiger partial charge >= 0.3 is 0 Å². The molecule has 0 fully saturated rings. The maximum absolute atomic E-state index is 8.35. The van der Waals surface area contributed by atoms with Crippen molar-refractivity contribution < 1.29 is 14.3 Å². The molecule has 0 aliphatic rings. The van der Waals surface area contributed by atoms with Gasteiger partial charge in [0.1, 0.15) is 5.91 Å². The lowest BCUT2D eigenvalue weighted by atomic mass is 10.9. The number of ether oxygens (including phenoxy) is 2. The molecule has 4 nitrogen and oxygen atoms in total. The zero-order valence-corrected chi connectivity index (χ0v) is 9.34. The van der Waals surface area contributed by atoms with Gasteiger partial charge in [-0.15, -0.1) is 0 Å². The van der Waals surface area contributed by atoms with Crippen LogP contribution in [-0.2, 0) is 14.3 Å². The lowest BCUT2D eigenvalue weighted by Crippen LogP contribution is -2.22. The van der Waals surface area contributed by atoms with E-state index in [0.717, 1.165) is 19.3 Å². The number of hydrogen-bond donors (Lipinski definition) is 1. The van der Waals surface area contributed by atoms with E-state index in [4.69, 9.17) is 19.7 Å². The Kier molecular flexibility index (Phi) is 15.4. The summed E-state index contributed by atoms with van der Waals surface area (Å²) < 4.78 is 10.5. The van der Waals surface area contributed by atoms with Crippen molar-refractivity contribution in [2.75, 3.05) is 13.2 Å². The number of carbonyl (C=O) groups excluding carboxylic acids is 1. The van der Waals surface area contributed by atoms with E-state index in [9.17, 15) is 0 Å². The average Bonchev–Trinajstić information content (AvgIpc) is 2.05. The van der Waals surface area contributed by atoms with Crippen LogP contribution in [-0.4, -0.2) is 34.7 Å². The Bertz CT molecular complexity index is 109. The smallest absolute Gasteiger partial charge is 0.231 e. The fourth-order valence-electron chi connectivity index (χ4n) is 0.656. The first kappa shape index (κ1) is 14.1. The summed E-state index contributed by atoms with van der Waals surface area (Å²) in [7, 11) is -0.138. The van der Waals surface area contributed by atoms with E-state index in [-0.39, 0.29) is 15.4 Å². The Balaban J connectivity index is 0.